The highest BCUT2D eigenvalue weighted by Gasteiger charge is 2.35. The number of carbonyl (C=O) groups excluding carboxylic acids is 1. The Kier molecular flexibility index (Phi) is 4.65. The number of nitrogens with one attached hydrogen (secondary N) is 2. The number of rotatable bonds is 4. The number of aliphatic hydroxyl groups excluding tert-OH is 1. The van der Waals surface area contributed by atoms with Crippen molar-refractivity contribution < 1.29 is 14.4 Å². The van der Waals surface area contributed by atoms with Crippen LogP contribution in [0.5, 0.6) is 0 Å². The van der Waals surface area contributed by atoms with Gasteiger partial charge in [-0.2, -0.15) is 0 Å². The van der Waals surface area contributed by atoms with Crippen molar-refractivity contribution >= 4 is 11.8 Å². The summed E-state index contributed by atoms with van der Waals surface area (Å²) in [6.07, 6.45) is 5.64. The van der Waals surface area contributed by atoms with Crippen molar-refractivity contribution in [2.75, 3.05) is 11.9 Å². The number of hydrogen-bond acceptors (Lipinski definition) is 4. The van der Waals surface area contributed by atoms with Gasteiger partial charge in [-0.25, -0.2) is 4.79 Å². The van der Waals surface area contributed by atoms with Gasteiger partial charge in [0.1, 0.15) is 5.76 Å². The zero-order valence-corrected chi connectivity index (χ0v) is 12.1. The Bertz CT molecular complexity index is 454. The fourth-order valence-electron chi connectivity index (χ4n) is 2.84. The monoisotopic (exact) mass is 281 g/mol. The first-order chi connectivity index (χ1) is 9.53. The summed E-state index contributed by atoms with van der Waals surface area (Å²) in [5.74, 6) is 1.33. The van der Waals surface area contributed by atoms with E-state index in [-0.39, 0.29) is 12.6 Å². The molecule has 2 rings (SSSR count). The van der Waals surface area contributed by atoms with Crippen molar-refractivity contribution in [3.63, 3.8) is 0 Å². The van der Waals surface area contributed by atoms with Gasteiger partial charge >= 0.3 is 6.03 Å². The quantitative estimate of drug-likeness (QED) is 0.791. The summed E-state index contributed by atoms with van der Waals surface area (Å²) in [5.41, 5.74) is -0.594. The summed E-state index contributed by atoms with van der Waals surface area (Å²) in [7, 11) is 0. The molecule has 0 spiro atoms. The van der Waals surface area contributed by atoms with Gasteiger partial charge in [0, 0.05) is 6.07 Å². The molecule has 1 aliphatic carbocycles. The SMILES string of the molecule is Cc1cc(NC(=O)N[C@@](C)(CO)C2CCCCC2)no1. The lowest BCUT2D eigenvalue weighted by atomic mass is 9.76. The standard InChI is InChI=1S/C14H23N3O3/c1-10-8-12(17-20-10)15-13(19)16-14(2,9-18)11-6-4-3-5-7-11/h8,11,18H,3-7,9H2,1-2H3,(H2,15,16,17,19)/t14-/m0/s1. The van der Waals surface area contributed by atoms with Crippen LogP contribution in [-0.2, 0) is 0 Å². The second kappa shape index (κ2) is 6.26. The van der Waals surface area contributed by atoms with E-state index in [9.17, 15) is 9.90 Å². The van der Waals surface area contributed by atoms with Gasteiger partial charge < -0.3 is 14.9 Å². The molecule has 1 aromatic rings. The Morgan fingerprint density at radius 3 is 2.75 bits per heavy atom. The van der Waals surface area contributed by atoms with Crippen molar-refractivity contribution in [1.82, 2.24) is 10.5 Å². The van der Waals surface area contributed by atoms with Crippen LogP contribution in [0.15, 0.2) is 10.6 Å². The number of amides is 2. The molecule has 0 unspecified atom stereocenters. The number of nitrogens with zero attached hydrogens (tertiary/aromatic N) is 1. The van der Waals surface area contributed by atoms with Crippen LogP contribution < -0.4 is 10.6 Å². The van der Waals surface area contributed by atoms with Crippen LogP contribution in [0.1, 0.15) is 44.8 Å². The van der Waals surface area contributed by atoms with E-state index >= 15 is 0 Å². The van der Waals surface area contributed by atoms with E-state index in [1.54, 1.807) is 13.0 Å². The molecule has 1 heterocycles. The Labute approximate surface area is 118 Å². The predicted octanol–water partition coefficient (Wildman–Crippen LogP) is 2.44. The van der Waals surface area contributed by atoms with Crippen LogP contribution in [0.2, 0.25) is 0 Å². The van der Waals surface area contributed by atoms with Gasteiger partial charge in [-0.15, -0.1) is 0 Å². The minimum atomic E-state index is -0.594. The zero-order chi connectivity index (χ0) is 14.6. The van der Waals surface area contributed by atoms with Crippen LogP contribution in [0.4, 0.5) is 10.6 Å². The third kappa shape index (κ3) is 3.50. The Morgan fingerprint density at radius 2 is 2.20 bits per heavy atom. The van der Waals surface area contributed by atoms with E-state index in [0.717, 1.165) is 25.7 Å². The fraction of sp³-hybridized carbons (Fsp3) is 0.714. The van der Waals surface area contributed by atoms with Crippen molar-refractivity contribution in [2.24, 2.45) is 5.92 Å². The van der Waals surface area contributed by atoms with Crippen molar-refractivity contribution in [2.45, 2.75) is 51.5 Å². The summed E-state index contributed by atoms with van der Waals surface area (Å²) in [4.78, 5) is 12.0. The molecule has 1 aromatic heterocycles. The van der Waals surface area contributed by atoms with Crippen LogP contribution in [0.3, 0.4) is 0 Å². The van der Waals surface area contributed by atoms with Gasteiger partial charge in [-0.1, -0.05) is 24.4 Å². The molecule has 112 valence electrons. The molecule has 1 aliphatic rings. The molecule has 0 bridgehead atoms. The molecular formula is C14H23N3O3. The summed E-state index contributed by atoms with van der Waals surface area (Å²) >= 11 is 0. The third-order valence-electron chi connectivity index (χ3n) is 4.10. The highest BCUT2D eigenvalue weighted by molar-refractivity contribution is 5.88. The van der Waals surface area contributed by atoms with Gasteiger partial charge in [-0.3, -0.25) is 5.32 Å². The van der Waals surface area contributed by atoms with Crippen molar-refractivity contribution in [3.05, 3.63) is 11.8 Å². The number of aromatic nitrogens is 1. The summed E-state index contributed by atoms with van der Waals surface area (Å²) < 4.78 is 4.90. The second-order valence-electron chi connectivity index (χ2n) is 5.81. The van der Waals surface area contributed by atoms with E-state index in [0.29, 0.717) is 17.5 Å². The molecule has 1 atom stereocenters. The number of hydrogen-bond donors (Lipinski definition) is 3. The first-order valence-electron chi connectivity index (χ1n) is 7.17. The third-order valence-corrected chi connectivity index (χ3v) is 4.10. The molecule has 6 heteroatoms. The highest BCUT2D eigenvalue weighted by Crippen LogP contribution is 2.32. The first-order valence-corrected chi connectivity index (χ1v) is 7.17. The maximum absolute atomic E-state index is 12.0. The lowest BCUT2D eigenvalue weighted by molar-refractivity contribution is 0.103. The van der Waals surface area contributed by atoms with Crippen LogP contribution in [-0.4, -0.2) is 28.4 Å². The maximum Gasteiger partial charge on any atom is 0.321 e. The average molecular weight is 281 g/mol. The van der Waals surface area contributed by atoms with E-state index in [1.165, 1.54) is 6.42 Å². The Hall–Kier alpha value is -1.56. The molecule has 0 saturated heterocycles. The molecule has 3 N–H and O–H groups in total. The Balaban J connectivity index is 1.95. The normalized spacial score (nSPS) is 19.4. The lowest BCUT2D eigenvalue weighted by Crippen LogP contribution is -2.55. The smallest absolute Gasteiger partial charge is 0.321 e. The zero-order valence-electron chi connectivity index (χ0n) is 12.1. The van der Waals surface area contributed by atoms with E-state index in [4.69, 9.17) is 4.52 Å². The molecule has 6 nitrogen and oxygen atoms in total. The molecule has 1 fully saturated rings. The largest absolute Gasteiger partial charge is 0.394 e. The first kappa shape index (κ1) is 14.8. The highest BCUT2D eigenvalue weighted by atomic mass is 16.5. The number of anilines is 1. The number of aliphatic hydroxyl groups is 1. The van der Waals surface area contributed by atoms with Crippen LogP contribution in [0.25, 0.3) is 0 Å². The van der Waals surface area contributed by atoms with Gasteiger partial charge in [-0.05, 0) is 32.6 Å². The molecule has 1 saturated carbocycles. The lowest BCUT2D eigenvalue weighted by Gasteiger charge is -2.39. The van der Waals surface area contributed by atoms with Gasteiger partial charge in [0.05, 0.1) is 12.1 Å². The maximum atomic E-state index is 12.0. The summed E-state index contributed by atoms with van der Waals surface area (Å²) in [6, 6.07) is 1.29. The Morgan fingerprint density at radius 1 is 1.50 bits per heavy atom. The molecule has 2 amide bonds. The minimum Gasteiger partial charge on any atom is -0.394 e. The fourth-order valence-corrected chi connectivity index (χ4v) is 2.84. The molecule has 0 aliphatic heterocycles. The number of urea groups is 1. The second-order valence-corrected chi connectivity index (χ2v) is 5.81. The number of carbonyl (C=O) groups is 1. The van der Waals surface area contributed by atoms with Gasteiger partial charge in [0.2, 0.25) is 0 Å². The van der Waals surface area contributed by atoms with Crippen molar-refractivity contribution in [1.29, 1.82) is 0 Å². The predicted molar refractivity (Wildman–Crippen MR) is 75.5 cm³/mol. The molecule has 0 aromatic carbocycles. The molecule has 20 heavy (non-hydrogen) atoms. The molecular weight excluding hydrogens is 258 g/mol. The van der Waals surface area contributed by atoms with Crippen molar-refractivity contribution in [3.8, 4) is 0 Å². The summed E-state index contributed by atoms with van der Waals surface area (Å²) in [6.45, 7) is 3.59. The summed E-state index contributed by atoms with van der Waals surface area (Å²) in [5, 5.41) is 18.9. The van der Waals surface area contributed by atoms with E-state index < -0.39 is 5.54 Å². The average Bonchev–Trinajstić information content (AvgIpc) is 2.84. The van der Waals surface area contributed by atoms with Gasteiger partial charge in [0.25, 0.3) is 0 Å². The molecule has 0 radical (unpaired) electrons. The van der Waals surface area contributed by atoms with Crippen LogP contribution >= 0.6 is 0 Å². The topological polar surface area (TPSA) is 87.4 Å². The number of aryl methyl sites for hydroxylation is 1. The van der Waals surface area contributed by atoms with Crippen LogP contribution in [0, 0.1) is 12.8 Å². The van der Waals surface area contributed by atoms with E-state index in [1.807, 2.05) is 6.92 Å². The van der Waals surface area contributed by atoms with Gasteiger partial charge in [0.15, 0.2) is 5.82 Å². The van der Waals surface area contributed by atoms with E-state index in [2.05, 4.69) is 15.8 Å². The minimum absolute atomic E-state index is 0.0665.